The maximum Gasteiger partial charge on any atom is 0.353 e. The van der Waals surface area contributed by atoms with Gasteiger partial charge in [0.05, 0.1) is 6.61 Å². The fourth-order valence-electron chi connectivity index (χ4n) is 3.26. The first-order chi connectivity index (χ1) is 12.2. The van der Waals surface area contributed by atoms with Gasteiger partial charge in [-0.05, 0) is 12.8 Å². The second-order valence-corrected chi connectivity index (χ2v) is 6.41. The number of rotatable bonds is 2. The first-order valence-electron chi connectivity index (χ1n) is 8.53. The van der Waals surface area contributed by atoms with Gasteiger partial charge in [0.25, 0.3) is 0 Å². The van der Waals surface area contributed by atoms with E-state index in [-0.39, 0.29) is 11.9 Å². The number of ether oxygens (including phenoxy) is 3. The molecule has 0 radical (unpaired) electrons. The molecule has 3 atom stereocenters. The molecule has 1 aliphatic carbocycles. The van der Waals surface area contributed by atoms with Crippen LogP contribution >= 0.6 is 0 Å². The van der Waals surface area contributed by atoms with Crippen molar-refractivity contribution in [2.24, 2.45) is 4.99 Å². The van der Waals surface area contributed by atoms with E-state index in [4.69, 9.17) is 14.2 Å². The summed E-state index contributed by atoms with van der Waals surface area (Å²) in [4.78, 5) is 28.1. The lowest BCUT2D eigenvalue weighted by molar-refractivity contribution is -0.262. The number of fused-ring (bicyclic) bond motifs is 1. The van der Waals surface area contributed by atoms with Crippen LogP contribution in [0.1, 0.15) is 37.5 Å². The summed E-state index contributed by atoms with van der Waals surface area (Å²) in [6, 6.07) is 9.66. The van der Waals surface area contributed by atoms with Crippen molar-refractivity contribution < 1.29 is 23.8 Å². The average Bonchev–Trinajstić information content (AvgIpc) is 2.63. The van der Waals surface area contributed by atoms with Crippen LogP contribution in [0.2, 0.25) is 0 Å². The van der Waals surface area contributed by atoms with Gasteiger partial charge >= 0.3 is 5.97 Å². The Morgan fingerprint density at radius 1 is 1.04 bits per heavy atom. The monoisotopic (exact) mass is 341 g/mol. The molecule has 1 aromatic rings. The second-order valence-electron chi connectivity index (χ2n) is 6.41. The minimum atomic E-state index is -0.476. The molecule has 25 heavy (non-hydrogen) atoms. The van der Waals surface area contributed by atoms with E-state index in [1.54, 1.807) is 0 Å². The molecule has 0 unspecified atom stereocenters. The van der Waals surface area contributed by atoms with E-state index in [0.717, 1.165) is 12.0 Å². The normalized spacial score (nSPS) is 31.3. The summed E-state index contributed by atoms with van der Waals surface area (Å²) in [5, 5.41) is 0. The van der Waals surface area contributed by atoms with Crippen molar-refractivity contribution in [3.63, 3.8) is 0 Å². The molecule has 0 bridgehead atoms. The Kier molecular flexibility index (Phi) is 4.46. The molecule has 0 spiro atoms. The van der Waals surface area contributed by atoms with E-state index in [0.29, 0.717) is 37.3 Å². The fraction of sp³-hybridized carbons (Fsp3) is 0.421. The highest BCUT2D eigenvalue weighted by Gasteiger charge is 2.41. The highest BCUT2D eigenvalue weighted by molar-refractivity contribution is 6.37. The molecule has 2 heterocycles. The van der Waals surface area contributed by atoms with Crippen LogP contribution in [0, 0.1) is 0 Å². The number of hydrogen-bond acceptors (Lipinski definition) is 6. The molecule has 0 N–H and O–H groups in total. The highest BCUT2D eigenvalue weighted by atomic mass is 16.7. The van der Waals surface area contributed by atoms with Crippen LogP contribution in [-0.4, -0.2) is 36.3 Å². The zero-order valence-corrected chi connectivity index (χ0v) is 13.7. The lowest BCUT2D eigenvalue weighted by Crippen LogP contribution is -2.50. The van der Waals surface area contributed by atoms with Gasteiger partial charge in [-0.25, -0.2) is 4.79 Å². The maximum atomic E-state index is 12.2. The predicted octanol–water partition coefficient (Wildman–Crippen LogP) is 2.49. The molecule has 2 aliphatic heterocycles. The number of benzene rings is 1. The summed E-state index contributed by atoms with van der Waals surface area (Å²) >= 11 is 0. The number of allylic oxidation sites excluding steroid dienone is 2. The van der Waals surface area contributed by atoms with Crippen LogP contribution in [0.4, 0.5) is 0 Å². The van der Waals surface area contributed by atoms with Gasteiger partial charge in [-0.15, -0.1) is 0 Å². The minimum Gasteiger partial charge on any atom is -0.453 e. The minimum absolute atomic E-state index is 0.0547. The third-order valence-electron chi connectivity index (χ3n) is 4.55. The van der Waals surface area contributed by atoms with Crippen molar-refractivity contribution in [1.82, 2.24) is 0 Å². The molecule has 0 amide bonds. The molecular formula is C19H19NO5. The van der Waals surface area contributed by atoms with Crippen LogP contribution in [-0.2, 0) is 23.8 Å². The Morgan fingerprint density at radius 3 is 2.68 bits per heavy atom. The van der Waals surface area contributed by atoms with Crippen LogP contribution in [0.5, 0.6) is 0 Å². The SMILES string of the molecule is O=C1C=C(N=C2C[C@@H]3O[C@@H](c4ccccc4)OC[C@H]3OC2=O)CCC1. The van der Waals surface area contributed by atoms with Crippen LogP contribution in [0.15, 0.2) is 47.1 Å². The highest BCUT2D eigenvalue weighted by Crippen LogP contribution is 2.32. The molecule has 2 fully saturated rings. The smallest absolute Gasteiger partial charge is 0.353 e. The topological polar surface area (TPSA) is 74.2 Å². The van der Waals surface area contributed by atoms with Crippen molar-refractivity contribution in [2.45, 2.75) is 44.2 Å². The van der Waals surface area contributed by atoms with Gasteiger partial charge in [0.15, 0.2) is 18.2 Å². The molecule has 0 aromatic heterocycles. The van der Waals surface area contributed by atoms with E-state index < -0.39 is 18.4 Å². The lowest BCUT2D eigenvalue weighted by atomic mass is 10.0. The Balaban J connectivity index is 1.50. The van der Waals surface area contributed by atoms with Gasteiger partial charge < -0.3 is 14.2 Å². The van der Waals surface area contributed by atoms with Crippen molar-refractivity contribution in [1.29, 1.82) is 0 Å². The fourth-order valence-corrected chi connectivity index (χ4v) is 3.26. The molecule has 6 heteroatoms. The Labute approximate surface area is 145 Å². The summed E-state index contributed by atoms with van der Waals surface area (Å²) < 4.78 is 17.1. The van der Waals surface area contributed by atoms with Crippen LogP contribution in [0.25, 0.3) is 0 Å². The van der Waals surface area contributed by atoms with Crippen LogP contribution < -0.4 is 0 Å². The Morgan fingerprint density at radius 2 is 1.88 bits per heavy atom. The molecule has 2 saturated heterocycles. The Hall–Kier alpha value is -2.31. The van der Waals surface area contributed by atoms with E-state index in [1.807, 2.05) is 30.3 Å². The lowest BCUT2D eigenvalue weighted by Gasteiger charge is -2.38. The van der Waals surface area contributed by atoms with Gasteiger partial charge in [0.1, 0.15) is 11.8 Å². The number of hydrogen-bond donors (Lipinski definition) is 0. The van der Waals surface area contributed by atoms with Crippen LogP contribution in [0.3, 0.4) is 0 Å². The van der Waals surface area contributed by atoms with E-state index in [2.05, 4.69) is 4.99 Å². The second kappa shape index (κ2) is 6.90. The third kappa shape index (κ3) is 3.55. The van der Waals surface area contributed by atoms with E-state index >= 15 is 0 Å². The molecule has 130 valence electrons. The van der Waals surface area contributed by atoms with Crippen molar-refractivity contribution in [3.8, 4) is 0 Å². The van der Waals surface area contributed by atoms with Gasteiger partial charge in [-0.2, -0.15) is 0 Å². The summed E-state index contributed by atoms with van der Waals surface area (Å²) in [6.45, 7) is 0.296. The molecule has 1 aromatic carbocycles. The number of carbonyl (C=O) groups excluding carboxylic acids is 2. The van der Waals surface area contributed by atoms with Crippen molar-refractivity contribution in [2.75, 3.05) is 6.61 Å². The molecule has 3 aliphatic rings. The largest absolute Gasteiger partial charge is 0.453 e. The molecule has 0 saturated carbocycles. The van der Waals surface area contributed by atoms with Gasteiger partial charge in [0.2, 0.25) is 0 Å². The number of carbonyl (C=O) groups is 2. The number of ketones is 1. The van der Waals surface area contributed by atoms with E-state index in [1.165, 1.54) is 6.08 Å². The summed E-state index contributed by atoms with van der Waals surface area (Å²) in [7, 11) is 0. The van der Waals surface area contributed by atoms with Gasteiger partial charge in [0, 0.05) is 30.2 Å². The summed E-state index contributed by atoms with van der Waals surface area (Å²) in [5.41, 5.74) is 1.89. The summed E-state index contributed by atoms with van der Waals surface area (Å²) in [5.74, 6) is -0.398. The first kappa shape index (κ1) is 16.2. The van der Waals surface area contributed by atoms with Gasteiger partial charge in [-0.3, -0.25) is 9.79 Å². The number of aliphatic imine (C=N–C) groups is 1. The average molecular weight is 341 g/mol. The number of esters is 1. The number of nitrogens with zero attached hydrogens (tertiary/aromatic N) is 1. The standard InChI is InChI=1S/C19H19NO5/c21-14-8-4-7-13(9-14)20-15-10-16-17(24-18(15)22)11-23-19(25-16)12-5-2-1-3-6-12/h1-3,5-6,9,16-17,19H,4,7-8,10-11H2/t16-,17+,19-/m0/s1. The molecule has 4 rings (SSSR count). The summed E-state index contributed by atoms with van der Waals surface area (Å²) in [6.07, 6.45) is 2.70. The Bertz CT molecular complexity index is 739. The predicted molar refractivity (Wildman–Crippen MR) is 88.9 cm³/mol. The quantitative estimate of drug-likeness (QED) is 0.773. The van der Waals surface area contributed by atoms with Crippen molar-refractivity contribution >= 4 is 17.5 Å². The zero-order valence-electron chi connectivity index (χ0n) is 13.7. The van der Waals surface area contributed by atoms with E-state index in [9.17, 15) is 9.59 Å². The third-order valence-corrected chi connectivity index (χ3v) is 4.55. The molecular weight excluding hydrogens is 322 g/mol. The zero-order chi connectivity index (χ0) is 17.2. The van der Waals surface area contributed by atoms with Gasteiger partial charge in [-0.1, -0.05) is 30.3 Å². The van der Waals surface area contributed by atoms with Crippen molar-refractivity contribution in [3.05, 3.63) is 47.7 Å². The first-order valence-corrected chi connectivity index (χ1v) is 8.53. The maximum absolute atomic E-state index is 12.2. The molecule has 6 nitrogen and oxygen atoms in total.